The van der Waals surface area contributed by atoms with Gasteiger partial charge < -0.3 is 14.5 Å². The minimum Gasteiger partial charge on any atom is -0.374 e. The molecule has 0 spiro atoms. The van der Waals surface area contributed by atoms with E-state index in [0.29, 0.717) is 32.2 Å². The molecule has 2 amide bonds. The van der Waals surface area contributed by atoms with Gasteiger partial charge in [0.2, 0.25) is 11.8 Å². The fraction of sp³-hybridized carbons (Fsp3) is 0.455. The van der Waals surface area contributed by atoms with Crippen LogP contribution in [-0.4, -0.2) is 69.7 Å². The smallest absolute Gasteiger partial charge is 0.242 e. The van der Waals surface area contributed by atoms with E-state index >= 15 is 0 Å². The summed E-state index contributed by atoms with van der Waals surface area (Å²) in [5.41, 5.74) is 0.970. The molecular formula is C22H26N4O3S. The number of amides is 2. The van der Waals surface area contributed by atoms with Crippen LogP contribution in [0.3, 0.4) is 0 Å². The lowest BCUT2D eigenvalue weighted by Crippen LogP contribution is -2.40. The number of hydrogen-bond acceptors (Lipinski definition) is 6. The van der Waals surface area contributed by atoms with E-state index in [-0.39, 0.29) is 30.2 Å². The molecule has 0 bridgehead atoms. The first-order valence-corrected chi connectivity index (χ1v) is 11.3. The van der Waals surface area contributed by atoms with E-state index in [0.717, 1.165) is 10.6 Å². The molecule has 0 radical (unpaired) electrons. The van der Waals surface area contributed by atoms with E-state index in [4.69, 9.17) is 4.74 Å². The number of carbonyl (C=O) groups is 2. The number of aromatic nitrogens is 2. The van der Waals surface area contributed by atoms with Crippen molar-refractivity contribution in [1.82, 2.24) is 19.8 Å². The van der Waals surface area contributed by atoms with E-state index in [1.165, 1.54) is 24.6 Å². The molecule has 2 aromatic rings. The summed E-state index contributed by atoms with van der Waals surface area (Å²) in [4.78, 5) is 37.6. The molecule has 2 fully saturated rings. The number of pyridine rings is 2. The van der Waals surface area contributed by atoms with Gasteiger partial charge in [-0.1, -0.05) is 23.9 Å². The van der Waals surface area contributed by atoms with Crippen molar-refractivity contribution in [3.8, 4) is 0 Å². The van der Waals surface area contributed by atoms with Gasteiger partial charge in [0.1, 0.15) is 0 Å². The second-order valence-corrected chi connectivity index (χ2v) is 8.76. The quantitative estimate of drug-likeness (QED) is 0.603. The Morgan fingerprint density at radius 2 is 2.07 bits per heavy atom. The number of carbonyl (C=O) groups excluding carboxylic acids is 2. The third-order valence-electron chi connectivity index (χ3n) is 5.22. The number of rotatable bonds is 8. The summed E-state index contributed by atoms with van der Waals surface area (Å²) in [7, 11) is 0. The molecular weight excluding hydrogens is 400 g/mol. The molecule has 1 unspecified atom stereocenters. The Morgan fingerprint density at radius 3 is 2.80 bits per heavy atom. The second kappa shape index (κ2) is 10.0. The van der Waals surface area contributed by atoms with Gasteiger partial charge in [-0.05, 0) is 42.5 Å². The van der Waals surface area contributed by atoms with Gasteiger partial charge >= 0.3 is 0 Å². The average molecular weight is 427 g/mol. The Balaban J connectivity index is 1.41. The molecule has 2 aromatic heterocycles. The number of nitrogens with zero attached hydrogens (tertiary/aromatic N) is 4. The van der Waals surface area contributed by atoms with Crippen LogP contribution in [0, 0.1) is 5.92 Å². The molecule has 8 heteroatoms. The highest BCUT2D eigenvalue weighted by Gasteiger charge is 2.32. The molecule has 2 aliphatic rings. The predicted molar refractivity (Wildman–Crippen MR) is 114 cm³/mol. The van der Waals surface area contributed by atoms with Crippen LogP contribution in [0.25, 0.3) is 0 Å². The highest BCUT2D eigenvalue weighted by molar-refractivity contribution is 7.99. The van der Waals surface area contributed by atoms with Crippen molar-refractivity contribution in [2.75, 3.05) is 32.0 Å². The van der Waals surface area contributed by atoms with Crippen LogP contribution in [0.2, 0.25) is 0 Å². The lowest BCUT2D eigenvalue weighted by Gasteiger charge is -2.25. The molecule has 0 N–H and O–H groups in total. The maximum Gasteiger partial charge on any atom is 0.242 e. The maximum atomic E-state index is 12.9. The second-order valence-electron chi connectivity index (χ2n) is 7.77. The zero-order valence-electron chi connectivity index (χ0n) is 16.9. The average Bonchev–Trinajstić information content (AvgIpc) is 3.61. The van der Waals surface area contributed by atoms with Crippen molar-refractivity contribution >= 4 is 23.6 Å². The number of hydrogen-bond donors (Lipinski definition) is 0. The Morgan fingerprint density at radius 1 is 1.17 bits per heavy atom. The fourth-order valence-corrected chi connectivity index (χ4v) is 4.12. The summed E-state index contributed by atoms with van der Waals surface area (Å²) in [6, 6.07) is 9.44. The number of thioether (sulfide) groups is 1. The molecule has 3 heterocycles. The van der Waals surface area contributed by atoms with Gasteiger partial charge in [-0.15, -0.1) is 0 Å². The van der Waals surface area contributed by atoms with Gasteiger partial charge in [-0.25, -0.2) is 4.98 Å². The predicted octanol–water partition coefficient (Wildman–Crippen LogP) is 2.23. The van der Waals surface area contributed by atoms with Gasteiger partial charge in [0.25, 0.3) is 0 Å². The topological polar surface area (TPSA) is 75.6 Å². The fourth-order valence-electron chi connectivity index (χ4n) is 3.36. The van der Waals surface area contributed by atoms with Crippen molar-refractivity contribution < 1.29 is 14.3 Å². The zero-order chi connectivity index (χ0) is 20.8. The van der Waals surface area contributed by atoms with Crippen LogP contribution in [0.5, 0.6) is 0 Å². The minimum absolute atomic E-state index is 0.0624. The van der Waals surface area contributed by atoms with Crippen LogP contribution in [0.1, 0.15) is 18.4 Å². The Kier molecular flexibility index (Phi) is 6.96. The molecule has 4 rings (SSSR count). The first kappa shape index (κ1) is 20.8. The summed E-state index contributed by atoms with van der Waals surface area (Å²) >= 11 is 1.39. The standard InChI is InChI=1S/C22H26N4O3S/c27-21-14-26(22(28)16-30-20-5-1-2-9-24-20)13-19(29-15-17-6-7-17)12-25(21)11-18-4-3-8-23-10-18/h1-5,8-10,17,19H,6-7,11-16H2. The van der Waals surface area contributed by atoms with Gasteiger partial charge in [0, 0.05) is 44.8 Å². The van der Waals surface area contributed by atoms with Crippen molar-refractivity contribution in [2.45, 2.75) is 30.5 Å². The normalized spacial score (nSPS) is 19.6. The molecule has 158 valence electrons. The minimum atomic E-state index is -0.183. The van der Waals surface area contributed by atoms with Crippen LogP contribution < -0.4 is 0 Å². The maximum absolute atomic E-state index is 12.9. The summed E-state index contributed by atoms with van der Waals surface area (Å²) in [6.45, 7) is 2.16. The third kappa shape index (κ3) is 6.03. The van der Waals surface area contributed by atoms with E-state index < -0.39 is 0 Å². The van der Waals surface area contributed by atoms with Crippen LogP contribution >= 0.6 is 11.8 Å². The summed E-state index contributed by atoms with van der Waals surface area (Å²) in [5, 5.41) is 0.798. The van der Waals surface area contributed by atoms with Crippen LogP contribution in [0.4, 0.5) is 0 Å². The SMILES string of the molecule is O=C(CSc1ccccn1)N1CC(=O)N(Cc2cccnc2)CC(OCC2CC2)C1. The highest BCUT2D eigenvalue weighted by Crippen LogP contribution is 2.29. The lowest BCUT2D eigenvalue weighted by molar-refractivity contribution is -0.137. The van der Waals surface area contributed by atoms with Crippen molar-refractivity contribution in [1.29, 1.82) is 0 Å². The highest BCUT2D eigenvalue weighted by atomic mass is 32.2. The van der Waals surface area contributed by atoms with Crippen LogP contribution in [-0.2, 0) is 20.9 Å². The van der Waals surface area contributed by atoms with E-state index in [2.05, 4.69) is 9.97 Å². The van der Waals surface area contributed by atoms with Crippen molar-refractivity contribution in [3.63, 3.8) is 0 Å². The lowest BCUT2D eigenvalue weighted by atomic mass is 10.2. The summed E-state index contributed by atoms with van der Waals surface area (Å²) in [6.07, 6.45) is 7.42. The molecule has 1 aliphatic heterocycles. The van der Waals surface area contributed by atoms with E-state index in [1.54, 1.807) is 28.4 Å². The molecule has 0 aromatic carbocycles. The molecule has 1 atom stereocenters. The van der Waals surface area contributed by atoms with Gasteiger partial charge in [0.15, 0.2) is 0 Å². The molecule has 7 nitrogen and oxygen atoms in total. The monoisotopic (exact) mass is 426 g/mol. The molecule has 30 heavy (non-hydrogen) atoms. The Hall–Kier alpha value is -2.45. The molecule has 1 saturated carbocycles. The third-order valence-corrected chi connectivity index (χ3v) is 6.15. The largest absolute Gasteiger partial charge is 0.374 e. The summed E-state index contributed by atoms with van der Waals surface area (Å²) < 4.78 is 6.12. The van der Waals surface area contributed by atoms with Gasteiger partial charge in [0.05, 0.1) is 23.4 Å². The molecule has 1 aliphatic carbocycles. The zero-order valence-corrected chi connectivity index (χ0v) is 17.7. The first-order chi connectivity index (χ1) is 14.7. The van der Waals surface area contributed by atoms with Crippen molar-refractivity contribution in [2.24, 2.45) is 5.92 Å². The Bertz CT molecular complexity index is 848. The van der Waals surface area contributed by atoms with Gasteiger partial charge in [-0.3, -0.25) is 14.6 Å². The van der Waals surface area contributed by atoms with Gasteiger partial charge in [-0.2, -0.15) is 0 Å². The summed E-state index contributed by atoms with van der Waals surface area (Å²) in [5.74, 6) is 0.747. The van der Waals surface area contributed by atoms with Crippen molar-refractivity contribution in [3.05, 3.63) is 54.5 Å². The van der Waals surface area contributed by atoms with Crippen LogP contribution in [0.15, 0.2) is 53.9 Å². The number of ether oxygens (including phenoxy) is 1. The Labute approximate surface area is 180 Å². The first-order valence-electron chi connectivity index (χ1n) is 10.3. The van der Waals surface area contributed by atoms with E-state index in [1.807, 2.05) is 30.3 Å². The molecule has 1 saturated heterocycles. The van der Waals surface area contributed by atoms with E-state index in [9.17, 15) is 9.59 Å².